The first-order valence-corrected chi connectivity index (χ1v) is 6.05. The molecule has 0 atom stereocenters. The summed E-state index contributed by atoms with van der Waals surface area (Å²) in [6.07, 6.45) is -3.63. The number of benzene rings is 1. The van der Waals surface area contributed by atoms with E-state index in [0.29, 0.717) is 29.2 Å². The summed E-state index contributed by atoms with van der Waals surface area (Å²) >= 11 is 5.84. The molecule has 0 heterocycles. The molecule has 2 N–H and O–H groups in total. The second-order valence-corrected chi connectivity index (χ2v) is 4.45. The van der Waals surface area contributed by atoms with Crippen LogP contribution in [0.1, 0.15) is 18.9 Å². The molecular weight excluding hydrogens is 265 g/mol. The minimum atomic E-state index is -4.25. The summed E-state index contributed by atoms with van der Waals surface area (Å²) in [6, 6.07) is 4.83. The maximum absolute atomic E-state index is 12.5. The minimum Gasteiger partial charge on any atom is -0.362 e. The number of rotatable bonds is 5. The molecule has 0 unspecified atom stereocenters. The van der Waals surface area contributed by atoms with Gasteiger partial charge in [-0.3, -0.25) is 0 Å². The lowest BCUT2D eigenvalue weighted by Gasteiger charge is -2.27. The van der Waals surface area contributed by atoms with Gasteiger partial charge in [0.1, 0.15) is 6.54 Å². The van der Waals surface area contributed by atoms with Crippen LogP contribution in [0, 0.1) is 0 Å². The van der Waals surface area contributed by atoms with Gasteiger partial charge in [-0.25, -0.2) is 0 Å². The normalized spacial score (nSPS) is 11.7. The van der Waals surface area contributed by atoms with Gasteiger partial charge in [-0.05, 0) is 24.1 Å². The fourth-order valence-electron chi connectivity index (χ4n) is 1.78. The Balaban J connectivity index is 3.07. The van der Waals surface area contributed by atoms with Gasteiger partial charge < -0.3 is 10.6 Å². The summed E-state index contributed by atoms with van der Waals surface area (Å²) in [5.74, 6) is 0. The topological polar surface area (TPSA) is 29.3 Å². The van der Waals surface area contributed by atoms with E-state index in [1.807, 2.05) is 6.92 Å². The van der Waals surface area contributed by atoms with E-state index in [0.717, 1.165) is 0 Å². The Kier molecular flexibility index (Phi) is 5.28. The molecule has 0 fully saturated rings. The first kappa shape index (κ1) is 15.1. The molecule has 102 valence electrons. The number of anilines is 1. The molecule has 0 aromatic heterocycles. The number of alkyl halides is 3. The standard InChI is InChI=1S/C12H16ClF3N2/c1-2-5-18(8-12(14,15)16)11-6-10(13)4-3-9(11)7-17/h3-4,6H,2,5,7-8,17H2,1H3. The van der Waals surface area contributed by atoms with Crippen molar-refractivity contribution in [2.24, 2.45) is 5.73 Å². The van der Waals surface area contributed by atoms with E-state index in [1.165, 1.54) is 11.0 Å². The van der Waals surface area contributed by atoms with E-state index < -0.39 is 12.7 Å². The van der Waals surface area contributed by atoms with Gasteiger partial charge >= 0.3 is 6.18 Å². The highest BCUT2D eigenvalue weighted by atomic mass is 35.5. The van der Waals surface area contributed by atoms with E-state index in [1.54, 1.807) is 12.1 Å². The van der Waals surface area contributed by atoms with Crippen LogP contribution in [0.15, 0.2) is 18.2 Å². The van der Waals surface area contributed by atoms with Crippen LogP contribution in [0.4, 0.5) is 18.9 Å². The maximum atomic E-state index is 12.5. The lowest BCUT2D eigenvalue weighted by atomic mass is 10.1. The zero-order valence-corrected chi connectivity index (χ0v) is 10.9. The Hall–Kier alpha value is -0.940. The number of hydrogen-bond acceptors (Lipinski definition) is 2. The Morgan fingerprint density at radius 1 is 1.33 bits per heavy atom. The molecule has 1 aromatic rings. The molecule has 0 amide bonds. The lowest BCUT2D eigenvalue weighted by molar-refractivity contribution is -0.119. The molecule has 18 heavy (non-hydrogen) atoms. The second kappa shape index (κ2) is 6.29. The van der Waals surface area contributed by atoms with Crippen molar-refractivity contribution in [2.75, 3.05) is 18.0 Å². The average molecular weight is 281 g/mol. The van der Waals surface area contributed by atoms with Crippen molar-refractivity contribution in [2.45, 2.75) is 26.1 Å². The number of nitrogens with zero attached hydrogens (tertiary/aromatic N) is 1. The highest BCUT2D eigenvalue weighted by Crippen LogP contribution is 2.28. The summed E-state index contributed by atoms with van der Waals surface area (Å²) in [5.41, 5.74) is 6.67. The molecular formula is C12H16ClF3N2. The van der Waals surface area contributed by atoms with Gasteiger partial charge in [-0.15, -0.1) is 0 Å². The molecule has 0 aliphatic rings. The molecule has 1 rings (SSSR count). The van der Waals surface area contributed by atoms with Crippen LogP contribution in [0.2, 0.25) is 5.02 Å². The predicted molar refractivity (Wildman–Crippen MR) is 67.9 cm³/mol. The molecule has 0 saturated heterocycles. The van der Waals surface area contributed by atoms with E-state index in [-0.39, 0.29) is 6.54 Å². The van der Waals surface area contributed by atoms with Crippen LogP contribution in [-0.4, -0.2) is 19.3 Å². The van der Waals surface area contributed by atoms with Crippen molar-refractivity contribution < 1.29 is 13.2 Å². The van der Waals surface area contributed by atoms with Crippen molar-refractivity contribution in [3.63, 3.8) is 0 Å². The molecule has 6 heteroatoms. The van der Waals surface area contributed by atoms with Crippen LogP contribution in [0.25, 0.3) is 0 Å². The highest BCUT2D eigenvalue weighted by Gasteiger charge is 2.31. The number of hydrogen-bond donors (Lipinski definition) is 1. The van der Waals surface area contributed by atoms with Gasteiger partial charge in [-0.1, -0.05) is 24.6 Å². The third-order valence-electron chi connectivity index (χ3n) is 2.47. The fourth-order valence-corrected chi connectivity index (χ4v) is 1.94. The van der Waals surface area contributed by atoms with Crippen molar-refractivity contribution in [1.82, 2.24) is 0 Å². The van der Waals surface area contributed by atoms with Gasteiger partial charge in [0.25, 0.3) is 0 Å². The average Bonchev–Trinajstić information content (AvgIpc) is 2.26. The smallest absolute Gasteiger partial charge is 0.362 e. The number of halogens is 4. The van der Waals surface area contributed by atoms with Gasteiger partial charge in [-0.2, -0.15) is 13.2 Å². The van der Waals surface area contributed by atoms with Crippen LogP contribution in [-0.2, 0) is 6.54 Å². The number of nitrogens with two attached hydrogens (primary N) is 1. The van der Waals surface area contributed by atoms with Crippen molar-refractivity contribution >= 4 is 17.3 Å². The molecule has 0 radical (unpaired) electrons. The molecule has 0 aliphatic heterocycles. The van der Waals surface area contributed by atoms with Gasteiger partial charge in [0.15, 0.2) is 0 Å². The summed E-state index contributed by atoms with van der Waals surface area (Å²) in [4.78, 5) is 1.27. The molecule has 0 bridgehead atoms. The zero-order chi connectivity index (χ0) is 13.8. The van der Waals surface area contributed by atoms with E-state index in [2.05, 4.69) is 0 Å². The Labute approximate surface area is 110 Å². The van der Waals surface area contributed by atoms with Crippen molar-refractivity contribution in [3.8, 4) is 0 Å². The molecule has 2 nitrogen and oxygen atoms in total. The van der Waals surface area contributed by atoms with E-state index in [4.69, 9.17) is 17.3 Å². The second-order valence-electron chi connectivity index (χ2n) is 4.01. The van der Waals surface area contributed by atoms with Crippen molar-refractivity contribution in [1.29, 1.82) is 0 Å². The van der Waals surface area contributed by atoms with Crippen LogP contribution in [0.3, 0.4) is 0 Å². The third-order valence-corrected chi connectivity index (χ3v) is 2.71. The summed E-state index contributed by atoms with van der Waals surface area (Å²) in [6.45, 7) is 1.33. The van der Waals surface area contributed by atoms with Gasteiger partial charge in [0, 0.05) is 23.8 Å². The fraction of sp³-hybridized carbons (Fsp3) is 0.500. The molecule has 0 aliphatic carbocycles. The SMILES string of the molecule is CCCN(CC(F)(F)F)c1cc(Cl)ccc1CN. The first-order chi connectivity index (χ1) is 8.37. The maximum Gasteiger partial charge on any atom is 0.405 e. The third kappa shape index (κ3) is 4.38. The van der Waals surface area contributed by atoms with Crippen molar-refractivity contribution in [3.05, 3.63) is 28.8 Å². The summed E-state index contributed by atoms with van der Waals surface area (Å²) < 4.78 is 37.6. The molecule has 0 saturated carbocycles. The summed E-state index contributed by atoms with van der Waals surface area (Å²) in [7, 11) is 0. The minimum absolute atomic E-state index is 0.185. The van der Waals surface area contributed by atoms with Gasteiger partial charge in [0.05, 0.1) is 0 Å². The monoisotopic (exact) mass is 280 g/mol. The van der Waals surface area contributed by atoms with E-state index >= 15 is 0 Å². The summed E-state index contributed by atoms with van der Waals surface area (Å²) in [5, 5.41) is 0.408. The Bertz CT molecular complexity index is 393. The van der Waals surface area contributed by atoms with Gasteiger partial charge in [0.2, 0.25) is 0 Å². The lowest BCUT2D eigenvalue weighted by Crippen LogP contribution is -2.35. The first-order valence-electron chi connectivity index (χ1n) is 5.67. The highest BCUT2D eigenvalue weighted by molar-refractivity contribution is 6.30. The largest absolute Gasteiger partial charge is 0.405 e. The Morgan fingerprint density at radius 2 is 2.00 bits per heavy atom. The molecule has 0 spiro atoms. The Morgan fingerprint density at radius 3 is 2.50 bits per heavy atom. The van der Waals surface area contributed by atoms with Crippen LogP contribution in [0.5, 0.6) is 0 Å². The molecule has 1 aromatic carbocycles. The van der Waals surface area contributed by atoms with Crippen LogP contribution < -0.4 is 10.6 Å². The quantitative estimate of drug-likeness (QED) is 0.893. The predicted octanol–water partition coefficient (Wildman–Crippen LogP) is 3.58. The zero-order valence-electron chi connectivity index (χ0n) is 10.1. The van der Waals surface area contributed by atoms with Crippen LogP contribution >= 0.6 is 11.6 Å². The van der Waals surface area contributed by atoms with E-state index in [9.17, 15) is 13.2 Å².